The Morgan fingerprint density at radius 3 is 2.70 bits per heavy atom. The van der Waals surface area contributed by atoms with Gasteiger partial charge in [0.2, 0.25) is 0 Å². The predicted octanol–water partition coefficient (Wildman–Crippen LogP) is 4.99. The summed E-state index contributed by atoms with van der Waals surface area (Å²) in [6, 6.07) is 8.84. The molecule has 1 aromatic carbocycles. The Morgan fingerprint density at radius 2 is 2.04 bits per heavy atom. The number of rotatable bonds is 5. The van der Waals surface area contributed by atoms with Crippen LogP contribution in [0.3, 0.4) is 0 Å². The zero-order valence-corrected chi connectivity index (χ0v) is 15.3. The van der Waals surface area contributed by atoms with Crippen LogP contribution >= 0.6 is 0 Å². The van der Waals surface area contributed by atoms with E-state index in [4.69, 9.17) is 4.74 Å². The topological polar surface area (TPSA) is 21.3 Å². The molecular weight excluding hydrogens is 282 g/mol. The summed E-state index contributed by atoms with van der Waals surface area (Å²) >= 11 is 0. The maximum Gasteiger partial charge on any atom is 0.119 e. The standard InChI is InChI=1S/C21H33NO/c1-5-15-14-22-21(7-3)13-20(15)19(12-17(21)6-2)16-9-8-10-18(11-16)23-4/h8-11,15,17,19-20,22H,5-7,12-14H2,1-4H3. The van der Waals surface area contributed by atoms with Crippen LogP contribution in [0.1, 0.15) is 64.4 Å². The molecule has 1 saturated heterocycles. The highest BCUT2D eigenvalue weighted by Crippen LogP contribution is 2.53. The molecule has 5 unspecified atom stereocenters. The van der Waals surface area contributed by atoms with Crippen LogP contribution in [0.5, 0.6) is 5.75 Å². The van der Waals surface area contributed by atoms with Crippen LogP contribution in [0.15, 0.2) is 24.3 Å². The van der Waals surface area contributed by atoms with E-state index in [1.165, 1.54) is 44.2 Å². The van der Waals surface area contributed by atoms with Crippen molar-refractivity contribution >= 4 is 0 Å². The second-order valence-corrected chi connectivity index (χ2v) is 7.65. The maximum atomic E-state index is 5.48. The minimum Gasteiger partial charge on any atom is -0.497 e. The van der Waals surface area contributed by atoms with Crippen molar-refractivity contribution in [2.75, 3.05) is 13.7 Å². The molecule has 1 aliphatic carbocycles. The van der Waals surface area contributed by atoms with Crippen molar-refractivity contribution in [3.05, 3.63) is 29.8 Å². The van der Waals surface area contributed by atoms with Gasteiger partial charge in [-0.3, -0.25) is 0 Å². The van der Waals surface area contributed by atoms with E-state index in [0.717, 1.165) is 23.5 Å². The first-order valence-corrected chi connectivity index (χ1v) is 9.56. The molecule has 2 aliphatic rings. The Kier molecular flexibility index (Phi) is 5.01. The van der Waals surface area contributed by atoms with Gasteiger partial charge in [-0.1, -0.05) is 45.7 Å². The van der Waals surface area contributed by atoms with E-state index in [2.05, 4.69) is 50.4 Å². The predicted molar refractivity (Wildman–Crippen MR) is 97.0 cm³/mol. The second kappa shape index (κ2) is 6.84. The number of fused-ring (bicyclic) bond motifs is 2. The third kappa shape index (κ3) is 2.91. The van der Waals surface area contributed by atoms with Gasteiger partial charge in [0.25, 0.3) is 0 Å². The van der Waals surface area contributed by atoms with Gasteiger partial charge in [0.15, 0.2) is 0 Å². The lowest BCUT2D eigenvalue weighted by atomic mass is 9.55. The first kappa shape index (κ1) is 16.8. The van der Waals surface area contributed by atoms with Crippen molar-refractivity contribution in [2.45, 2.75) is 64.3 Å². The molecule has 0 aromatic heterocycles. The average Bonchev–Trinajstić information content (AvgIpc) is 2.62. The minimum absolute atomic E-state index is 0.389. The van der Waals surface area contributed by atoms with Gasteiger partial charge in [0, 0.05) is 5.54 Å². The first-order chi connectivity index (χ1) is 11.2. The third-order valence-electron chi connectivity index (χ3n) is 6.93. The molecule has 5 atom stereocenters. The molecule has 1 heterocycles. The quantitative estimate of drug-likeness (QED) is 0.826. The number of methoxy groups -OCH3 is 1. The molecule has 1 aliphatic heterocycles. The average molecular weight is 316 g/mol. The number of hydrogen-bond donors (Lipinski definition) is 1. The SMILES string of the molecule is CCC1CNC2(CC)CC1C(c1cccc(OC)c1)CC2CC. The Morgan fingerprint density at radius 1 is 1.22 bits per heavy atom. The molecule has 1 saturated carbocycles. The summed E-state index contributed by atoms with van der Waals surface area (Å²) in [6.45, 7) is 8.31. The van der Waals surface area contributed by atoms with Gasteiger partial charge in [-0.25, -0.2) is 0 Å². The van der Waals surface area contributed by atoms with E-state index in [-0.39, 0.29) is 0 Å². The van der Waals surface area contributed by atoms with E-state index in [0.29, 0.717) is 11.5 Å². The monoisotopic (exact) mass is 315 g/mol. The van der Waals surface area contributed by atoms with Crippen molar-refractivity contribution in [1.82, 2.24) is 5.32 Å². The summed E-state index contributed by atoms with van der Waals surface area (Å²) in [7, 11) is 1.77. The normalized spacial score (nSPS) is 36.7. The molecule has 2 bridgehead atoms. The highest BCUT2D eigenvalue weighted by atomic mass is 16.5. The smallest absolute Gasteiger partial charge is 0.119 e. The fourth-order valence-electron chi connectivity index (χ4n) is 5.45. The van der Waals surface area contributed by atoms with Crippen LogP contribution in [-0.4, -0.2) is 19.2 Å². The molecule has 3 rings (SSSR count). The Hall–Kier alpha value is -1.02. The van der Waals surface area contributed by atoms with Crippen LogP contribution in [0.2, 0.25) is 0 Å². The van der Waals surface area contributed by atoms with Gasteiger partial charge in [0.1, 0.15) is 5.75 Å². The highest BCUT2D eigenvalue weighted by molar-refractivity contribution is 5.32. The Labute approximate surface area is 142 Å². The highest BCUT2D eigenvalue weighted by Gasteiger charge is 2.50. The Balaban J connectivity index is 1.95. The summed E-state index contributed by atoms with van der Waals surface area (Å²) in [5.74, 6) is 4.11. The first-order valence-electron chi connectivity index (χ1n) is 9.56. The van der Waals surface area contributed by atoms with Crippen LogP contribution in [0.25, 0.3) is 0 Å². The zero-order chi connectivity index (χ0) is 16.4. The van der Waals surface area contributed by atoms with Gasteiger partial charge in [-0.2, -0.15) is 0 Å². The summed E-state index contributed by atoms with van der Waals surface area (Å²) < 4.78 is 5.48. The lowest BCUT2D eigenvalue weighted by Gasteiger charge is -2.57. The molecular formula is C21H33NO. The second-order valence-electron chi connectivity index (χ2n) is 7.65. The largest absolute Gasteiger partial charge is 0.497 e. The molecule has 2 nitrogen and oxygen atoms in total. The molecule has 1 N–H and O–H groups in total. The lowest BCUT2D eigenvalue weighted by molar-refractivity contribution is 0.00675. The number of ether oxygens (including phenoxy) is 1. The van der Waals surface area contributed by atoms with Crippen molar-refractivity contribution < 1.29 is 4.74 Å². The van der Waals surface area contributed by atoms with Crippen LogP contribution < -0.4 is 10.1 Å². The van der Waals surface area contributed by atoms with Crippen molar-refractivity contribution in [1.29, 1.82) is 0 Å². The summed E-state index contributed by atoms with van der Waals surface area (Å²) in [5, 5.41) is 3.99. The molecule has 0 spiro atoms. The third-order valence-corrected chi connectivity index (χ3v) is 6.93. The van der Waals surface area contributed by atoms with E-state index in [1.807, 2.05) is 0 Å². The maximum absolute atomic E-state index is 5.48. The van der Waals surface area contributed by atoms with Crippen molar-refractivity contribution in [3.63, 3.8) is 0 Å². The fourth-order valence-corrected chi connectivity index (χ4v) is 5.45. The number of benzene rings is 1. The molecule has 128 valence electrons. The van der Waals surface area contributed by atoms with Gasteiger partial charge in [0.05, 0.1) is 7.11 Å². The molecule has 2 heteroatoms. The molecule has 23 heavy (non-hydrogen) atoms. The summed E-state index contributed by atoms with van der Waals surface area (Å²) in [5.41, 5.74) is 1.89. The summed E-state index contributed by atoms with van der Waals surface area (Å²) in [4.78, 5) is 0. The lowest BCUT2D eigenvalue weighted by Crippen LogP contribution is -2.62. The molecule has 2 fully saturated rings. The van der Waals surface area contributed by atoms with E-state index < -0.39 is 0 Å². The van der Waals surface area contributed by atoms with Crippen molar-refractivity contribution in [3.8, 4) is 5.75 Å². The molecule has 1 aromatic rings. The number of hydrogen-bond acceptors (Lipinski definition) is 2. The molecule has 0 radical (unpaired) electrons. The minimum atomic E-state index is 0.389. The van der Waals surface area contributed by atoms with E-state index in [9.17, 15) is 0 Å². The van der Waals surface area contributed by atoms with Gasteiger partial charge < -0.3 is 10.1 Å². The fraction of sp³-hybridized carbons (Fsp3) is 0.714. The van der Waals surface area contributed by atoms with Gasteiger partial charge in [-0.05, 0) is 67.2 Å². The van der Waals surface area contributed by atoms with E-state index in [1.54, 1.807) is 7.11 Å². The van der Waals surface area contributed by atoms with Crippen molar-refractivity contribution in [2.24, 2.45) is 17.8 Å². The Bertz CT molecular complexity index is 528. The van der Waals surface area contributed by atoms with Crippen LogP contribution in [0, 0.1) is 17.8 Å². The number of piperidine rings is 1. The summed E-state index contributed by atoms with van der Waals surface area (Å²) in [6.07, 6.45) is 6.51. The van der Waals surface area contributed by atoms with Crippen LogP contribution in [0.4, 0.5) is 0 Å². The van der Waals surface area contributed by atoms with Gasteiger partial charge in [-0.15, -0.1) is 0 Å². The van der Waals surface area contributed by atoms with E-state index >= 15 is 0 Å². The number of nitrogens with one attached hydrogen (secondary N) is 1. The molecule has 0 amide bonds. The van der Waals surface area contributed by atoms with Crippen LogP contribution in [-0.2, 0) is 0 Å². The van der Waals surface area contributed by atoms with Gasteiger partial charge >= 0.3 is 0 Å². The zero-order valence-electron chi connectivity index (χ0n) is 15.3.